The predicted octanol–water partition coefficient (Wildman–Crippen LogP) is 3.48. The molecule has 1 aromatic rings. The minimum Gasteiger partial charge on any atom is -0.383 e. The molecule has 0 aromatic heterocycles. The standard InChI is InChI=1S/C23H36N4/c1-17(2)14-26-21(7)23(13-22-11-9-8-10-12-22)27-20(6)16-25-19(5)15-24-18(3)4/h8-12,18,23-27H,1,5-7,13-16H2,2-4H3. The zero-order chi connectivity index (χ0) is 20.2. The first-order valence-corrected chi connectivity index (χ1v) is 9.48. The monoisotopic (exact) mass is 368 g/mol. The Morgan fingerprint density at radius 1 is 0.889 bits per heavy atom. The van der Waals surface area contributed by atoms with Gasteiger partial charge in [-0.2, -0.15) is 0 Å². The molecular weight excluding hydrogens is 332 g/mol. The number of rotatable bonds is 14. The van der Waals surface area contributed by atoms with Crippen molar-refractivity contribution in [3.63, 3.8) is 0 Å². The maximum absolute atomic E-state index is 4.22. The normalized spacial score (nSPS) is 11.6. The average Bonchev–Trinajstić information content (AvgIpc) is 2.63. The van der Waals surface area contributed by atoms with Gasteiger partial charge in [0.1, 0.15) is 0 Å². The van der Waals surface area contributed by atoms with Crippen LogP contribution in [0.25, 0.3) is 0 Å². The number of hydrogen-bond acceptors (Lipinski definition) is 4. The average molecular weight is 369 g/mol. The van der Waals surface area contributed by atoms with Crippen LogP contribution in [-0.2, 0) is 6.42 Å². The highest BCUT2D eigenvalue weighted by atomic mass is 15.0. The highest BCUT2D eigenvalue weighted by molar-refractivity contribution is 5.21. The Kier molecular flexibility index (Phi) is 10.1. The van der Waals surface area contributed by atoms with Crippen LogP contribution in [0.3, 0.4) is 0 Å². The van der Waals surface area contributed by atoms with Crippen LogP contribution in [0.5, 0.6) is 0 Å². The molecule has 0 aliphatic rings. The highest BCUT2D eigenvalue weighted by Gasteiger charge is 2.14. The van der Waals surface area contributed by atoms with Crippen LogP contribution in [-0.4, -0.2) is 31.7 Å². The van der Waals surface area contributed by atoms with Crippen molar-refractivity contribution < 1.29 is 0 Å². The zero-order valence-corrected chi connectivity index (χ0v) is 17.2. The van der Waals surface area contributed by atoms with E-state index in [0.29, 0.717) is 19.1 Å². The second-order valence-corrected chi connectivity index (χ2v) is 7.32. The maximum atomic E-state index is 4.22. The summed E-state index contributed by atoms with van der Waals surface area (Å²) >= 11 is 0. The van der Waals surface area contributed by atoms with Gasteiger partial charge in [0.15, 0.2) is 0 Å². The first-order chi connectivity index (χ1) is 12.8. The van der Waals surface area contributed by atoms with Gasteiger partial charge in [0, 0.05) is 36.2 Å². The quantitative estimate of drug-likeness (QED) is 0.380. The molecule has 1 rings (SSSR count). The summed E-state index contributed by atoms with van der Waals surface area (Å²) in [5, 5.41) is 13.5. The second kappa shape index (κ2) is 12.0. The molecule has 0 saturated heterocycles. The fraction of sp³-hybridized carbons (Fsp3) is 0.391. The van der Waals surface area contributed by atoms with Crippen LogP contribution < -0.4 is 21.3 Å². The van der Waals surface area contributed by atoms with Crippen molar-refractivity contribution in [3.05, 3.63) is 84.9 Å². The van der Waals surface area contributed by atoms with Crippen LogP contribution in [0, 0.1) is 0 Å². The van der Waals surface area contributed by atoms with Crippen molar-refractivity contribution in [3.8, 4) is 0 Å². The lowest BCUT2D eigenvalue weighted by molar-refractivity contribution is 0.572. The van der Waals surface area contributed by atoms with E-state index in [0.717, 1.165) is 35.6 Å². The van der Waals surface area contributed by atoms with Crippen molar-refractivity contribution in [1.82, 2.24) is 21.3 Å². The van der Waals surface area contributed by atoms with Crippen LogP contribution in [0.1, 0.15) is 26.3 Å². The molecule has 4 N–H and O–H groups in total. The summed E-state index contributed by atoms with van der Waals surface area (Å²) in [6, 6.07) is 10.9. The molecule has 0 fully saturated rings. The lowest BCUT2D eigenvalue weighted by Crippen LogP contribution is -2.40. The summed E-state index contributed by atoms with van der Waals surface area (Å²) in [6.45, 7) is 24.7. The Morgan fingerprint density at radius 3 is 2.15 bits per heavy atom. The summed E-state index contributed by atoms with van der Waals surface area (Å²) in [5.74, 6) is 0. The van der Waals surface area contributed by atoms with E-state index in [9.17, 15) is 0 Å². The highest BCUT2D eigenvalue weighted by Crippen LogP contribution is 2.09. The van der Waals surface area contributed by atoms with Crippen LogP contribution >= 0.6 is 0 Å². The number of nitrogens with one attached hydrogen (secondary N) is 4. The maximum Gasteiger partial charge on any atom is 0.0691 e. The van der Waals surface area contributed by atoms with Crippen LogP contribution in [0.2, 0.25) is 0 Å². The minimum absolute atomic E-state index is 0.0445. The van der Waals surface area contributed by atoms with Gasteiger partial charge in [-0.15, -0.1) is 0 Å². The first-order valence-electron chi connectivity index (χ1n) is 9.48. The van der Waals surface area contributed by atoms with Gasteiger partial charge < -0.3 is 21.3 Å². The van der Waals surface area contributed by atoms with Crippen molar-refractivity contribution in [2.45, 2.75) is 39.3 Å². The van der Waals surface area contributed by atoms with E-state index in [-0.39, 0.29) is 6.04 Å². The topological polar surface area (TPSA) is 48.1 Å². The second-order valence-electron chi connectivity index (χ2n) is 7.32. The van der Waals surface area contributed by atoms with Gasteiger partial charge in [0.05, 0.1) is 12.6 Å². The van der Waals surface area contributed by atoms with Crippen LogP contribution in [0.4, 0.5) is 0 Å². The smallest absolute Gasteiger partial charge is 0.0691 e. The molecule has 0 radical (unpaired) electrons. The molecule has 0 bridgehead atoms. The van der Waals surface area contributed by atoms with Crippen molar-refractivity contribution >= 4 is 0 Å². The number of benzene rings is 1. The van der Waals surface area contributed by atoms with E-state index in [1.807, 2.05) is 13.0 Å². The van der Waals surface area contributed by atoms with Gasteiger partial charge in [-0.1, -0.05) is 76.1 Å². The Labute approximate surface area is 165 Å². The molecule has 1 aromatic carbocycles. The van der Waals surface area contributed by atoms with E-state index in [1.165, 1.54) is 5.56 Å². The third-order valence-electron chi connectivity index (χ3n) is 3.97. The Morgan fingerprint density at radius 2 is 1.56 bits per heavy atom. The van der Waals surface area contributed by atoms with Gasteiger partial charge in [0.2, 0.25) is 0 Å². The van der Waals surface area contributed by atoms with Gasteiger partial charge in [-0.3, -0.25) is 0 Å². The zero-order valence-electron chi connectivity index (χ0n) is 17.2. The van der Waals surface area contributed by atoms with Gasteiger partial charge in [0.25, 0.3) is 0 Å². The van der Waals surface area contributed by atoms with E-state index in [2.05, 4.69) is 85.7 Å². The van der Waals surface area contributed by atoms with E-state index in [1.54, 1.807) is 0 Å². The SMILES string of the molecule is C=C(C)CNC(=C)C(Cc1ccccc1)NC(=C)CNC(=C)CNC(C)C. The predicted molar refractivity (Wildman–Crippen MR) is 118 cm³/mol. The molecule has 4 heteroatoms. The summed E-state index contributed by atoms with van der Waals surface area (Å²) in [7, 11) is 0. The summed E-state index contributed by atoms with van der Waals surface area (Å²) < 4.78 is 0. The van der Waals surface area contributed by atoms with Gasteiger partial charge in [-0.25, -0.2) is 0 Å². The molecule has 1 unspecified atom stereocenters. The summed E-state index contributed by atoms with van der Waals surface area (Å²) in [5.41, 5.74) is 5.11. The molecule has 0 aliphatic heterocycles. The van der Waals surface area contributed by atoms with Crippen molar-refractivity contribution in [1.29, 1.82) is 0 Å². The molecule has 0 amide bonds. The molecule has 0 saturated carbocycles. The molecule has 4 nitrogen and oxygen atoms in total. The third kappa shape index (κ3) is 10.3. The number of hydrogen-bond donors (Lipinski definition) is 4. The van der Waals surface area contributed by atoms with Crippen LogP contribution in [0.15, 0.2) is 79.3 Å². The van der Waals surface area contributed by atoms with Crippen molar-refractivity contribution in [2.75, 3.05) is 19.6 Å². The summed E-state index contributed by atoms with van der Waals surface area (Å²) in [4.78, 5) is 0. The molecule has 148 valence electrons. The van der Waals surface area contributed by atoms with E-state index in [4.69, 9.17) is 0 Å². The van der Waals surface area contributed by atoms with E-state index >= 15 is 0 Å². The third-order valence-corrected chi connectivity index (χ3v) is 3.97. The fourth-order valence-electron chi connectivity index (χ4n) is 2.42. The Hall–Kier alpha value is -2.46. The van der Waals surface area contributed by atoms with Gasteiger partial charge in [-0.05, 0) is 18.9 Å². The molecule has 0 spiro atoms. The Bertz CT molecular complexity index is 631. The summed E-state index contributed by atoms with van der Waals surface area (Å²) in [6.07, 6.45) is 0.831. The van der Waals surface area contributed by atoms with Crippen molar-refractivity contribution in [2.24, 2.45) is 0 Å². The largest absolute Gasteiger partial charge is 0.383 e. The minimum atomic E-state index is 0.0445. The molecule has 1 atom stereocenters. The van der Waals surface area contributed by atoms with Gasteiger partial charge >= 0.3 is 0 Å². The molecular formula is C23H36N4. The van der Waals surface area contributed by atoms with E-state index < -0.39 is 0 Å². The first kappa shape index (κ1) is 22.6. The molecule has 0 aliphatic carbocycles. The molecule has 27 heavy (non-hydrogen) atoms. The Balaban J connectivity index is 2.61. The lowest BCUT2D eigenvalue weighted by Gasteiger charge is -2.25. The fourth-order valence-corrected chi connectivity index (χ4v) is 2.42. The molecule has 0 heterocycles. The lowest BCUT2D eigenvalue weighted by atomic mass is 10.0.